The van der Waals surface area contributed by atoms with E-state index in [1.165, 1.54) is 31.4 Å². The molecule has 0 saturated heterocycles. The van der Waals surface area contributed by atoms with E-state index in [2.05, 4.69) is 11.9 Å². The summed E-state index contributed by atoms with van der Waals surface area (Å²) in [5, 5.41) is 20.9. The van der Waals surface area contributed by atoms with Crippen LogP contribution < -0.4 is 0 Å². The summed E-state index contributed by atoms with van der Waals surface area (Å²) in [6, 6.07) is 5.61. The number of non-ortho nitro benzene ring substituents is 1. The zero-order valence-corrected chi connectivity index (χ0v) is 16.9. The number of hydrogen-bond donors (Lipinski definition) is 1. The maximum absolute atomic E-state index is 12.5. The SMILES string of the molecule is CCCCCCC1=C(C(=O)O)C(c2ccc([N+](=O)[O-])cc2)C(C(=O)OC)C(C)=N1. The Morgan fingerprint density at radius 3 is 2.38 bits per heavy atom. The standard InChI is InChI=1S/C21H26N2O6/c1-4-5-6-7-8-16-19(20(24)25)18(17(13(2)22-16)21(26)29-3)14-9-11-15(12-10-14)23(27)28/h9-12,17-18H,4-8H2,1-3H3,(H,24,25). The van der Waals surface area contributed by atoms with E-state index < -0.39 is 28.7 Å². The van der Waals surface area contributed by atoms with E-state index in [1.807, 2.05) is 0 Å². The van der Waals surface area contributed by atoms with Gasteiger partial charge in [-0.15, -0.1) is 0 Å². The van der Waals surface area contributed by atoms with E-state index in [0.717, 1.165) is 25.7 Å². The first-order chi connectivity index (χ1) is 13.8. The summed E-state index contributed by atoms with van der Waals surface area (Å²) >= 11 is 0. The topological polar surface area (TPSA) is 119 Å². The van der Waals surface area contributed by atoms with Crippen molar-refractivity contribution < 1.29 is 24.4 Å². The molecular weight excluding hydrogens is 376 g/mol. The summed E-state index contributed by atoms with van der Waals surface area (Å²) in [6.45, 7) is 3.78. The third kappa shape index (κ3) is 5.07. The molecular formula is C21H26N2O6. The van der Waals surface area contributed by atoms with Gasteiger partial charge in [-0.2, -0.15) is 0 Å². The zero-order valence-electron chi connectivity index (χ0n) is 16.9. The fraction of sp³-hybridized carbons (Fsp3) is 0.476. The van der Waals surface area contributed by atoms with E-state index in [1.54, 1.807) is 6.92 Å². The van der Waals surface area contributed by atoms with Crippen LogP contribution in [0.4, 0.5) is 5.69 Å². The number of nitro groups is 1. The van der Waals surface area contributed by atoms with Gasteiger partial charge < -0.3 is 9.84 Å². The number of rotatable bonds is 9. The van der Waals surface area contributed by atoms with Gasteiger partial charge in [0.05, 0.1) is 23.3 Å². The second-order valence-electron chi connectivity index (χ2n) is 7.06. The summed E-state index contributed by atoms with van der Waals surface area (Å²) < 4.78 is 4.91. The van der Waals surface area contributed by atoms with Crippen molar-refractivity contribution in [1.29, 1.82) is 0 Å². The van der Waals surface area contributed by atoms with Crippen molar-refractivity contribution in [2.24, 2.45) is 10.9 Å². The fourth-order valence-corrected chi connectivity index (χ4v) is 3.69. The Labute approximate surface area is 169 Å². The van der Waals surface area contributed by atoms with Gasteiger partial charge in [-0.1, -0.05) is 38.3 Å². The molecule has 8 heteroatoms. The summed E-state index contributed by atoms with van der Waals surface area (Å²) in [5.41, 5.74) is 1.38. The highest BCUT2D eigenvalue weighted by Gasteiger charge is 2.42. The molecule has 0 amide bonds. The van der Waals surface area contributed by atoms with Crippen LogP contribution in [0.1, 0.15) is 57.4 Å². The highest BCUT2D eigenvalue weighted by atomic mass is 16.6. The van der Waals surface area contributed by atoms with Crippen LogP contribution in [0, 0.1) is 16.0 Å². The van der Waals surface area contributed by atoms with Gasteiger partial charge >= 0.3 is 11.9 Å². The number of aliphatic imine (C=N–C) groups is 1. The molecule has 1 heterocycles. The third-order valence-corrected chi connectivity index (χ3v) is 5.13. The van der Waals surface area contributed by atoms with Crippen molar-refractivity contribution >= 4 is 23.3 Å². The van der Waals surface area contributed by atoms with Gasteiger partial charge in [-0.05, 0) is 25.3 Å². The molecule has 2 atom stereocenters. The minimum absolute atomic E-state index is 0.0522. The first-order valence-electron chi connectivity index (χ1n) is 9.65. The number of hydrogen-bond acceptors (Lipinski definition) is 6. The van der Waals surface area contributed by atoms with Gasteiger partial charge in [0.2, 0.25) is 0 Å². The van der Waals surface area contributed by atoms with Gasteiger partial charge in [-0.3, -0.25) is 19.9 Å². The molecule has 8 nitrogen and oxygen atoms in total. The molecule has 0 radical (unpaired) electrons. The first-order valence-corrected chi connectivity index (χ1v) is 9.65. The predicted molar refractivity (Wildman–Crippen MR) is 108 cm³/mol. The van der Waals surface area contributed by atoms with Crippen LogP contribution in [-0.2, 0) is 14.3 Å². The molecule has 1 aromatic carbocycles. The van der Waals surface area contributed by atoms with Crippen molar-refractivity contribution in [1.82, 2.24) is 0 Å². The summed E-state index contributed by atoms with van der Waals surface area (Å²) in [4.78, 5) is 39.6. The maximum atomic E-state index is 12.5. The van der Waals surface area contributed by atoms with E-state index in [-0.39, 0.29) is 11.3 Å². The van der Waals surface area contributed by atoms with Crippen molar-refractivity contribution in [3.8, 4) is 0 Å². The van der Waals surface area contributed by atoms with Gasteiger partial charge in [0.25, 0.3) is 5.69 Å². The highest BCUT2D eigenvalue weighted by molar-refractivity contribution is 6.06. The minimum Gasteiger partial charge on any atom is -0.478 e. The smallest absolute Gasteiger partial charge is 0.334 e. The molecule has 2 unspecified atom stereocenters. The number of esters is 1. The molecule has 2 rings (SSSR count). The Bertz CT molecular complexity index is 841. The Hall–Kier alpha value is -3.03. The van der Waals surface area contributed by atoms with E-state index in [9.17, 15) is 24.8 Å². The lowest BCUT2D eigenvalue weighted by Gasteiger charge is -2.31. The molecule has 1 aromatic rings. The molecule has 0 spiro atoms. The molecule has 0 aromatic heterocycles. The average Bonchev–Trinajstić information content (AvgIpc) is 2.69. The van der Waals surface area contributed by atoms with Crippen LogP contribution in [-0.4, -0.2) is 34.8 Å². The molecule has 0 fully saturated rings. The largest absolute Gasteiger partial charge is 0.478 e. The van der Waals surface area contributed by atoms with E-state index in [4.69, 9.17) is 4.74 Å². The lowest BCUT2D eigenvalue weighted by atomic mass is 9.75. The van der Waals surface area contributed by atoms with Crippen LogP contribution in [0.3, 0.4) is 0 Å². The summed E-state index contributed by atoms with van der Waals surface area (Å²) in [7, 11) is 1.24. The Kier molecular flexibility index (Phi) is 7.64. The maximum Gasteiger partial charge on any atom is 0.334 e. The van der Waals surface area contributed by atoms with Gasteiger partial charge in [0.15, 0.2) is 0 Å². The van der Waals surface area contributed by atoms with Crippen molar-refractivity contribution in [2.75, 3.05) is 7.11 Å². The van der Waals surface area contributed by atoms with Crippen molar-refractivity contribution in [2.45, 2.75) is 51.9 Å². The van der Waals surface area contributed by atoms with Crippen LogP contribution in [0.2, 0.25) is 0 Å². The molecule has 1 aliphatic heterocycles. The Morgan fingerprint density at radius 1 is 1.21 bits per heavy atom. The van der Waals surface area contributed by atoms with Gasteiger partial charge in [0.1, 0.15) is 5.92 Å². The molecule has 0 bridgehead atoms. The highest BCUT2D eigenvalue weighted by Crippen LogP contribution is 2.41. The number of carbonyl (C=O) groups is 2. The van der Waals surface area contributed by atoms with Crippen molar-refractivity contribution in [3.05, 3.63) is 51.2 Å². The van der Waals surface area contributed by atoms with Crippen LogP contribution in [0.15, 0.2) is 40.5 Å². The number of methoxy groups -OCH3 is 1. The number of carbonyl (C=O) groups excluding carboxylic acids is 1. The second-order valence-corrected chi connectivity index (χ2v) is 7.06. The lowest BCUT2D eigenvalue weighted by Crippen LogP contribution is -2.36. The number of unbranched alkanes of at least 4 members (excludes halogenated alkanes) is 3. The average molecular weight is 402 g/mol. The quantitative estimate of drug-likeness (QED) is 0.285. The van der Waals surface area contributed by atoms with Gasteiger partial charge in [0, 0.05) is 23.8 Å². The number of benzene rings is 1. The number of nitro benzene ring substituents is 1. The number of carboxylic acids is 1. The van der Waals surface area contributed by atoms with Gasteiger partial charge in [-0.25, -0.2) is 4.79 Å². The number of ether oxygens (including phenoxy) is 1. The number of allylic oxidation sites excluding steroid dienone is 1. The molecule has 0 saturated carbocycles. The molecule has 1 N–H and O–H groups in total. The monoisotopic (exact) mass is 402 g/mol. The molecule has 156 valence electrons. The summed E-state index contributed by atoms with van der Waals surface area (Å²) in [5.74, 6) is -3.45. The molecule has 1 aliphatic rings. The predicted octanol–water partition coefficient (Wildman–Crippen LogP) is 4.25. The second kappa shape index (κ2) is 9.95. The number of carboxylic acid groups (broad SMARTS) is 1. The third-order valence-electron chi connectivity index (χ3n) is 5.13. The minimum atomic E-state index is -1.15. The summed E-state index contributed by atoms with van der Waals surface area (Å²) in [6.07, 6.45) is 4.37. The lowest BCUT2D eigenvalue weighted by molar-refractivity contribution is -0.384. The van der Waals surface area contributed by atoms with Crippen LogP contribution >= 0.6 is 0 Å². The zero-order chi connectivity index (χ0) is 21.6. The molecule has 0 aliphatic carbocycles. The number of aliphatic carboxylic acids is 1. The van der Waals surface area contributed by atoms with Crippen LogP contribution in [0.25, 0.3) is 0 Å². The van der Waals surface area contributed by atoms with Crippen molar-refractivity contribution in [3.63, 3.8) is 0 Å². The molecule has 29 heavy (non-hydrogen) atoms. The Balaban J connectivity index is 2.55. The fourth-order valence-electron chi connectivity index (χ4n) is 3.69. The Morgan fingerprint density at radius 2 is 1.86 bits per heavy atom. The van der Waals surface area contributed by atoms with E-state index >= 15 is 0 Å². The normalized spacial score (nSPS) is 18.9. The van der Waals surface area contributed by atoms with Crippen LogP contribution in [0.5, 0.6) is 0 Å². The first kappa shape index (κ1) is 22.3. The van der Waals surface area contributed by atoms with E-state index in [0.29, 0.717) is 23.4 Å². The number of nitrogens with zero attached hydrogens (tertiary/aromatic N) is 2.